The fraction of sp³-hybridized carbons (Fsp3) is 0.412. The van der Waals surface area contributed by atoms with Crippen LogP contribution in [0.2, 0.25) is 5.02 Å². The van der Waals surface area contributed by atoms with E-state index in [1.165, 1.54) is 25.7 Å². The van der Waals surface area contributed by atoms with E-state index in [0.717, 1.165) is 23.0 Å². The molecule has 2 heterocycles. The largest absolute Gasteiger partial charge is 0.310 e. The van der Waals surface area contributed by atoms with E-state index >= 15 is 0 Å². The summed E-state index contributed by atoms with van der Waals surface area (Å²) in [5.74, 6) is 3.50. The normalized spacial score (nSPS) is 17.4. The fourth-order valence-corrected chi connectivity index (χ4v) is 3.38. The van der Waals surface area contributed by atoms with Gasteiger partial charge in [-0.2, -0.15) is 5.10 Å². The molecular weight excluding hydrogens is 324 g/mol. The third kappa shape index (κ3) is 2.41. The van der Waals surface area contributed by atoms with Gasteiger partial charge in [-0.1, -0.05) is 23.7 Å². The first-order chi connectivity index (χ1) is 11.8. The molecule has 2 aliphatic carbocycles. The molecule has 0 atom stereocenters. The molecular formula is C17H17ClN6. The summed E-state index contributed by atoms with van der Waals surface area (Å²) in [4.78, 5) is 4.40. The molecule has 2 aliphatic rings. The minimum atomic E-state index is 0.566. The summed E-state index contributed by atoms with van der Waals surface area (Å²) in [5, 5.41) is 14.0. The molecule has 0 bridgehead atoms. The van der Waals surface area contributed by atoms with Crippen LogP contribution in [-0.4, -0.2) is 29.5 Å². The molecule has 2 aromatic heterocycles. The van der Waals surface area contributed by atoms with Gasteiger partial charge in [0.15, 0.2) is 11.6 Å². The lowest BCUT2D eigenvalue weighted by Crippen LogP contribution is -2.12. The number of nitrogens with zero attached hydrogens (tertiary/aromatic N) is 6. The second kappa shape index (κ2) is 5.41. The molecule has 1 aromatic carbocycles. The van der Waals surface area contributed by atoms with Crippen molar-refractivity contribution in [3.05, 3.63) is 47.3 Å². The molecule has 5 rings (SSSR count). The molecule has 2 saturated carbocycles. The van der Waals surface area contributed by atoms with Crippen LogP contribution in [0.25, 0.3) is 11.4 Å². The van der Waals surface area contributed by atoms with E-state index in [2.05, 4.69) is 24.8 Å². The summed E-state index contributed by atoms with van der Waals surface area (Å²) in [6, 6.07) is 8.27. The Bertz CT molecular complexity index is 890. The van der Waals surface area contributed by atoms with Crippen molar-refractivity contribution in [3.63, 3.8) is 0 Å². The van der Waals surface area contributed by atoms with Gasteiger partial charge in [0.1, 0.15) is 18.7 Å². The highest BCUT2D eigenvalue weighted by atomic mass is 35.5. The highest BCUT2D eigenvalue weighted by molar-refractivity contribution is 6.33. The number of hydrogen-bond donors (Lipinski definition) is 0. The van der Waals surface area contributed by atoms with Gasteiger partial charge in [-0.3, -0.25) is 0 Å². The number of halogens is 1. The molecule has 0 spiro atoms. The Morgan fingerprint density at radius 1 is 1.08 bits per heavy atom. The van der Waals surface area contributed by atoms with Crippen LogP contribution in [0.5, 0.6) is 0 Å². The van der Waals surface area contributed by atoms with E-state index in [0.29, 0.717) is 23.5 Å². The summed E-state index contributed by atoms with van der Waals surface area (Å²) in [7, 11) is 0. The molecule has 122 valence electrons. The van der Waals surface area contributed by atoms with Gasteiger partial charge in [-0.15, -0.1) is 10.2 Å². The Morgan fingerprint density at radius 2 is 1.92 bits per heavy atom. The van der Waals surface area contributed by atoms with Crippen molar-refractivity contribution in [1.82, 2.24) is 29.5 Å². The zero-order chi connectivity index (χ0) is 16.1. The average Bonchev–Trinajstić information content (AvgIpc) is 3.52. The van der Waals surface area contributed by atoms with Gasteiger partial charge < -0.3 is 4.57 Å². The molecule has 6 nitrogen and oxygen atoms in total. The number of benzene rings is 1. The third-order valence-electron chi connectivity index (χ3n) is 4.67. The maximum Gasteiger partial charge on any atom is 0.159 e. The maximum atomic E-state index is 6.32. The zero-order valence-electron chi connectivity index (χ0n) is 13.1. The smallest absolute Gasteiger partial charge is 0.159 e. The van der Waals surface area contributed by atoms with Crippen LogP contribution in [0.15, 0.2) is 30.6 Å². The van der Waals surface area contributed by atoms with Gasteiger partial charge in [-0.25, -0.2) is 9.67 Å². The van der Waals surface area contributed by atoms with Crippen molar-refractivity contribution < 1.29 is 0 Å². The Labute approximate surface area is 144 Å². The first-order valence-corrected chi connectivity index (χ1v) is 8.75. The van der Waals surface area contributed by atoms with Crippen LogP contribution in [-0.2, 0) is 6.54 Å². The Balaban J connectivity index is 1.52. The maximum absolute atomic E-state index is 6.32. The van der Waals surface area contributed by atoms with Crippen molar-refractivity contribution in [2.24, 2.45) is 0 Å². The van der Waals surface area contributed by atoms with E-state index in [1.807, 2.05) is 28.9 Å². The molecule has 0 radical (unpaired) electrons. The highest BCUT2D eigenvalue weighted by Crippen LogP contribution is 2.44. The summed E-state index contributed by atoms with van der Waals surface area (Å²) < 4.78 is 4.20. The van der Waals surface area contributed by atoms with Crippen LogP contribution >= 0.6 is 11.6 Å². The molecule has 0 saturated heterocycles. The van der Waals surface area contributed by atoms with E-state index in [-0.39, 0.29) is 0 Å². The summed E-state index contributed by atoms with van der Waals surface area (Å²) >= 11 is 6.32. The molecule has 3 aromatic rings. The molecule has 2 fully saturated rings. The fourth-order valence-electron chi connectivity index (χ4n) is 3.16. The lowest BCUT2D eigenvalue weighted by molar-refractivity contribution is 0.589. The minimum absolute atomic E-state index is 0.566. The molecule has 24 heavy (non-hydrogen) atoms. The van der Waals surface area contributed by atoms with Crippen LogP contribution in [0, 0.1) is 0 Å². The van der Waals surface area contributed by atoms with Gasteiger partial charge in [0.25, 0.3) is 0 Å². The monoisotopic (exact) mass is 340 g/mol. The topological polar surface area (TPSA) is 61.4 Å². The quantitative estimate of drug-likeness (QED) is 0.713. The van der Waals surface area contributed by atoms with Crippen LogP contribution < -0.4 is 0 Å². The van der Waals surface area contributed by atoms with Gasteiger partial charge in [0.05, 0.1) is 5.02 Å². The van der Waals surface area contributed by atoms with Crippen molar-refractivity contribution in [3.8, 4) is 11.4 Å². The first-order valence-electron chi connectivity index (χ1n) is 8.37. The molecule has 0 unspecified atom stereocenters. The van der Waals surface area contributed by atoms with Gasteiger partial charge in [-0.05, 0) is 37.8 Å². The molecule has 0 amide bonds. The molecule has 0 aliphatic heterocycles. The first kappa shape index (κ1) is 14.2. The number of hydrogen-bond acceptors (Lipinski definition) is 4. The lowest BCUT2D eigenvalue weighted by atomic mass is 10.2. The Morgan fingerprint density at radius 3 is 2.67 bits per heavy atom. The van der Waals surface area contributed by atoms with Crippen LogP contribution in [0.1, 0.15) is 49.3 Å². The van der Waals surface area contributed by atoms with Gasteiger partial charge in [0, 0.05) is 17.5 Å². The minimum Gasteiger partial charge on any atom is -0.310 e. The van der Waals surface area contributed by atoms with E-state index in [4.69, 9.17) is 11.6 Å². The second-order valence-corrected chi connectivity index (χ2v) is 6.98. The van der Waals surface area contributed by atoms with E-state index in [9.17, 15) is 0 Å². The van der Waals surface area contributed by atoms with Crippen LogP contribution in [0.3, 0.4) is 0 Å². The number of aromatic nitrogens is 6. The van der Waals surface area contributed by atoms with Crippen molar-refractivity contribution in [2.45, 2.75) is 44.2 Å². The van der Waals surface area contributed by atoms with Crippen molar-refractivity contribution >= 4 is 11.6 Å². The van der Waals surface area contributed by atoms with Crippen molar-refractivity contribution in [1.29, 1.82) is 0 Å². The Hall–Kier alpha value is -2.21. The van der Waals surface area contributed by atoms with Crippen molar-refractivity contribution in [2.75, 3.05) is 0 Å². The summed E-state index contributed by atoms with van der Waals surface area (Å²) in [5.41, 5.74) is 0.886. The standard InChI is InChI=1S/C17H17ClN6/c18-14-4-2-1-3-13(14)17-19-10-20-23(17)9-15-21-22-16(11-5-6-11)24(15)12-7-8-12/h1-4,10-12H,5-9H2. The van der Waals surface area contributed by atoms with E-state index in [1.54, 1.807) is 6.33 Å². The predicted octanol–water partition coefficient (Wildman–Crippen LogP) is 3.45. The summed E-state index contributed by atoms with van der Waals surface area (Å²) in [6.07, 6.45) is 6.48. The third-order valence-corrected chi connectivity index (χ3v) is 5.00. The highest BCUT2D eigenvalue weighted by Gasteiger charge is 2.36. The molecule has 0 N–H and O–H groups in total. The van der Waals surface area contributed by atoms with E-state index < -0.39 is 0 Å². The number of rotatable bonds is 5. The zero-order valence-corrected chi connectivity index (χ0v) is 13.9. The van der Waals surface area contributed by atoms with Gasteiger partial charge in [0.2, 0.25) is 0 Å². The average molecular weight is 341 g/mol. The Kier molecular flexibility index (Phi) is 3.19. The van der Waals surface area contributed by atoms with Crippen LogP contribution in [0.4, 0.5) is 0 Å². The molecule has 7 heteroatoms. The van der Waals surface area contributed by atoms with Gasteiger partial charge >= 0.3 is 0 Å². The SMILES string of the molecule is Clc1ccccc1-c1ncnn1Cc1nnc(C2CC2)n1C1CC1. The summed E-state index contributed by atoms with van der Waals surface area (Å²) in [6.45, 7) is 0.566. The lowest BCUT2D eigenvalue weighted by Gasteiger charge is -2.10. The second-order valence-electron chi connectivity index (χ2n) is 6.57. The predicted molar refractivity (Wildman–Crippen MR) is 89.8 cm³/mol.